The van der Waals surface area contributed by atoms with E-state index in [0.29, 0.717) is 6.04 Å². The Morgan fingerprint density at radius 1 is 1.38 bits per heavy atom. The van der Waals surface area contributed by atoms with Gasteiger partial charge in [-0.25, -0.2) is 0 Å². The van der Waals surface area contributed by atoms with Gasteiger partial charge >= 0.3 is 0 Å². The number of nitrogens with two attached hydrogens (primary N) is 1. The Morgan fingerprint density at radius 3 is 3.14 bits per heavy atom. The van der Waals surface area contributed by atoms with Gasteiger partial charge in [0.2, 0.25) is 0 Å². The standard InChI is InChI=1S/C17H24N4/c1-13(18)11-21-8-2-3-17(12-21)20-16-5-4-15-10-19-7-6-14(15)9-16/h4-7,9-10,13,17,20H,2-3,8,11-12,18H2,1H3/t13-,17+/m0/s1. The molecule has 1 fully saturated rings. The van der Waals surface area contributed by atoms with E-state index in [2.05, 4.69) is 46.4 Å². The van der Waals surface area contributed by atoms with E-state index in [1.54, 1.807) is 0 Å². The number of pyridine rings is 1. The SMILES string of the molecule is C[C@H](N)CN1CCC[C@@H](Nc2ccc3cnccc3c2)C1. The normalized spacial score (nSPS) is 21.3. The molecule has 1 aromatic heterocycles. The molecule has 2 atom stereocenters. The second-order valence-corrected chi connectivity index (χ2v) is 6.16. The lowest BCUT2D eigenvalue weighted by Crippen LogP contribution is -2.46. The maximum Gasteiger partial charge on any atom is 0.0388 e. The van der Waals surface area contributed by atoms with Crippen molar-refractivity contribution in [3.05, 3.63) is 36.7 Å². The van der Waals surface area contributed by atoms with E-state index < -0.39 is 0 Å². The van der Waals surface area contributed by atoms with Crippen LogP contribution in [-0.4, -0.2) is 41.6 Å². The van der Waals surface area contributed by atoms with Crippen LogP contribution >= 0.6 is 0 Å². The molecule has 0 radical (unpaired) electrons. The van der Waals surface area contributed by atoms with Crippen molar-refractivity contribution >= 4 is 16.5 Å². The minimum atomic E-state index is 0.247. The third-order valence-electron chi connectivity index (χ3n) is 4.06. The van der Waals surface area contributed by atoms with Gasteiger partial charge in [-0.15, -0.1) is 0 Å². The van der Waals surface area contributed by atoms with Crippen LogP contribution < -0.4 is 11.1 Å². The number of nitrogens with zero attached hydrogens (tertiary/aromatic N) is 2. The minimum Gasteiger partial charge on any atom is -0.381 e. The largest absolute Gasteiger partial charge is 0.381 e. The molecule has 2 heterocycles. The zero-order valence-corrected chi connectivity index (χ0v) is 12.6. The van der Waals surface area contributed by atoms with Gasteiger partial charge in [0.1, 0.15) is 0 Å². The van der Waals surface area contributed by atoms with Gasteiger partial charge in [0, 0.05) is 48.6 Å². The van der Waals surface area contributed by atoms with Crippen LogP contribution in [0, 0.1) is 0 Å². The van der Waals surface area contributed by atoms with E-state index in [4.69, 9.17) is 5.73 Å². The summed E-state index contributed by atoms with van der Waals surface area (Å²) in [4.78, 5) is 6.63. The van der Waals surface area contributed by atoms with Crippen molar-refractivity contribution in [2.45, 2.75) is 31.8 Å². The molecule has 3 N–H and O–H groups in total. The molecule has 21 heavy (non-hydrogen) atoms. The number of hydrogen-bond donors (Lipinski definition) is 2. The number of nitrogens with one attached hydrogen (secondary N) is 1. The van der Waals surface area contributed by atoms with E-state index in [1.165, 1.54) is 35.8 Å². The summed E-state index contributed by atoms with van der Waals surface area (Å²) >= 11 is 0. The fourth-order valence-corrected chi connectivity index (χ4v) is 3.16. The molecule has 0 amide bonds. The molecule has 4 heteroatoms. The summed E-state index contributed by atoms with van der Waals surface area (Å²) < 4.78 is 0. The predicted octanol–water partition coefficient (Wildman–Crippen LogP) is 2.46. The highest BCUT2D eigenvalue weighted by Gasteiger charge is 2.20. The maximum atomic E-state index is 5.92. The van der Waals surface area contributed by atoms with Crippen LogP contribution in [0.25, 0.3) is 10.8 Å². The average molecular weight is 284 g/mol. The summed E-state index contributed by atoms with van der Waals surface area (Å²) in [5.74, 6) is 0. The summed E-state index contributed by atoms with van der Waals surface area (Å²) in [5.41, 5.74) is 7.11. The molecule has 1 aromatic carbocycles. The molecule has 2 aromatic rings. The van der Waals surface area contributed by atoms with E-state index in [1.807, 2.05) is 12.4 Å². The zero-order valence-electron chi connectivity index (χ0n) is 12.6. The summed E-state index contributed by atoms with van der Waals surface area (Å²) in [6, 6.07) is 9.31. The molecule has 3 rings (SSSR count). The lowest BCUT2D eigenvalue weighted by atomic mass is 10.0. The number of aromatic nitrogens is 1. The van der Waals surface area contributed by atoms with Crippen molar-refractivity contribution in [3.63, 3.8) is 0 Å². The van der Waals surface area contributed by atoms with Crippen molar-refractivity contribution in [3.8, 4) is 0 Å². The molecule has 1 aliphatic rings. The van der Waals surface area contributed by atoms with E-state index in [0.717, 1.165) is 13.1 Å². The summed E-state index contributed by atoms with van der Waals surface area (Å²) in [7, 11) is 0. The molecule has 0 saturated carbocycles. The number of likely N-dealkylation sites (tertiary alicyclic amines) is 1. The van der Waals surface area contributed by atoms with Gasteiger partial charge in [-0.2, -0.15) is 0 Å². The fraction of sp³-hybridized carbons (Fsp3) is 0.471. The second kappa shape index (κ2) is 6.41. The summed E-state index contributed by atoms with van der Waals surface area (Å²) in [6.07, 6.45) is 6.22. The number of fused-ring (bicyclic) bond motifs is 1. The smallest absolute Gasteiger partial charge is 0.0388 e. The minimum absolute atomic E-state index is 0.247. The van der Waals surface area contributed by atoms with Crippen molar-refractivity contribution in [2.75, 3.05) is 25.0 Å². The van der Waals surface area contributed by atoms with E-state index in [-0.39, 0.29) is 6.04 Å². The van der Waals surface area contributed by atoms with Crippen molar-refractivity contribution in [1.29, 1.82) is 0 Å². The van der Waals surface area contributed by atoms with Crippen molar-refractivity contribution in [1.82, 2.24) is 9.88 Å². The monoisotopic (exact) mass is 284 g/mol. The molecule has 0 unspecified atom stereocenters. The van der Waals surface area contributed by atoms with Crippen molar-refractivity contribution in [2.24, 2.45) is 5.73 Å². The van der Waals surface area contributed by atoms with Crippen LogP contribution in [0.5, 0.6) is 0 Å². The number of benzene rings is 1. The first kappa shape index (κ1) is 14.3. The Morgan fingerprint density at radius 2 is 2.29 bits per heavy atom. The molecule has 112 valence electrons. The zero-order chi connectivity index (χ0) is 14.7. The molecule has 1 saturated heterocycles. The van der Waals surface area contributed by atoms with Gasteiger partial charge in [0.05, 0.1) is 0 Å². The third kappa shape index (κ3) is 3.71. The first-order valence-corrected chi connectivity index (χ1v) is 7.79. The van der Waals surface area contributed by atoms with Crippen molar-refractivity contribution < 1.29 is 0 Å². The van der Waals surface area contributed by atoms with Crippen LogP contribution in [0.3, 0.4) is 0 Å². The molecule has 4 nitrogen and oxygen atoms in total. The number of rotatable bonds is 4. The lowest BCUT2D eigenvalue weighted by Gasteiger charge is -2.34. The van der Waals surface area contributed by atoms with Crippen LogP contribution in [0.1, 0.15) is 19.8 Å². The van der Waals surface area contributed by atoms with E-state index >= 15 is 0 Å². The van der Waals surface area contributed by atoms with Gasteiger partial charge in [0.15, 0.2) is 0 Å². The van der Waals surface area contributed by atoms with Crippen LogP contribution in [-0.2, 0) is 0 Å². The molecular formula is C17H24N4. The van der Waals surface area contributed by atoms with E-state index in [9.17, 15) is 0 Å². The van der Waals surface area contributed by atoms with Gasteiger partial charge < -0.3 is 11.1 Å². The number of hydrogen-bond acceptors (Lipinski definition) is 4. The third-order valence-corrected chi connectivity index (χ3v) is 4.06. The highest BCUT2D eigenvalue weighted by Crippen LogP contribution is 2.21. The predicted molar refractivity (Wildman–Crippen MR) is 88.5 cm³/mol. The topological polar surface area (TPSA) is 54.2 Å². The fourth-order valence-electron chi connectivity index (χ4n) is 3.16. The number of anilines is 1. The van der Waals surface area contributed by atoms with Gasteiger partial charge in [-0.3, -0.25) is 9.88 Å². The lowest BCUT2D eigenvalue weighted by molar-refractivity contribution is 0.208. The van der Waals surface area contributed by atoms with Gasteiger partial charge in [-0.1, -0.05) is 6.07 Å². The first-order chi connectivity index (χ1) is 10.2. The molecular weight excluding hydrogens is 260 g/mol. The molecule has 0 bridgehead atoms. The second-order valence-electron chi connectivity index (χ2n) is 6.16. The summed E-state index contributed by atoms with van der Waals surface area (Å²) in [5, 5.41) is 6.09. The van der Waals surface area contributed by atoms with Gasteiger partial charge in [-0.05, 0) is 49.9 Å². The molecule has 0 aliphatic carbocycles. The Kier molecular flexibility index (Phi) is 4.36. The quantitative estimate of drug-likeness (QED) is 0.905. The van der Waals surface area contributed by atoms with Gasteiger partial charge in [0.25, 0.3) is 0 Å². The first-order valence-electron chi connectivity index (χ1n) is 7.79. The Labute approximate surface area is 126 Å². The Hall–Kier alpha value is -1.65. The maximum absolute atomic E-state index is 5.92. The van der Waals surface area contributed by atoms with Crippen LogP contribution in [0.4, 0.5) is 5.69 Å². The highest BCUT2D eigenvalue weighted by atomic mass is 15.2. The highest BCUT2D eigenvalue weighted by molar-refractivity contribution is 5.84. The Balaban J connectivity index is 1.66. The average Bonchev–Trinajstić information content (AvgIpc) is 2.47. The molecule has 0 spiro atoms. The molecule has 1 aliphatic heterocycles. The Bertz CT molecular complexity index is 596. The number of piperidine rings is 1. The van der Waals surface area contributed by atoms with Crippen LogP contribution in [0.2, 0.25) is 0 Å². The summed E-state index contributed by atoms with van der Waals surface area (Å²) in [6.45, 7) is 5.31. The van der Waals surface area contributed by atoms with Crippen LogP contribution in [0.15, 0.2) is 36.7 Å².